The second-order valence-electron chi connectivity index (χ2n) is 16.3. The summed E-state index contributed by atoms with van der Waals surface area (Å²) < 4.78 is 11.2. The van der Waals surface area contributed by atoms with Crippen LogP contribution in [0.5, 0.6) is 11.5 Å². The SMILES string of the molecule is COc1ccccc1[C@H](c1cccc2ccccc12)[C@@](C)(C#N)C(=O)N1CCN(c2cccc(Cl)c2Cl)CC1.COc1ccccc1[C@H](c1cccc2ccccc12)[C@@](C)(C#N)C(=O)O. The Labute approximate surface area is 389 Å². The molecule has 1 fully saturated rings. The van der Waals surface area contributed by atoms with Crippen molar-refractivity contribution in [3.8, 4) is 23.6 Å². The van der Waals surface area contributed by atoms with E-state index < -0.39 is 28.6 Å². The van der Waals surface area contributed by atoms with E-state index in [1.165, 1.54) is 6.92 Å². The summed E-state index contributed by atoms with van der Waals surface area (Å²) in [6, 6.07) is 52.6. The van der Waals surface area contributed by atoms with Gasteiger partial charge in [-0.05, 0) is 70.8 Å². The van der Waals surface area contributed by atoms with Gasteiger partial charge in [-0.3, -0.25) is 9.59 Å². The summed E-state index contributed by atoms with van der Waals surface area (Å²) in [4.78, 5) is 30.4. The van der Waals surface area contributed by atoms with Crippen molar-refractivity contribution in [3.05, 3.63) is 184 Å². The Kier molecular flexibility index (Phi) is 14.0. The number of carboxylic acid groups (broad SMARTS) is 1. The van der Waals surface area contributed by atoms with Crippen molar-refractivity contribution in [2.45, 2.75) is 25.7 Å². The number of anilines is 1. The molecular formula is C54H48Cl2N4O5. The first-order valence-electron chi connectivity index (χ1n) is 21.2. The van der Waals surface area contributed by atoms with Crippen molar-refractivity contribution in [2.24, 2.45) is 10.8 Å². The fourth-order valence-electron chi connectivity index (χ4n) is 9.08. The highest BCUT2D eigenvalue weighted by molar-refractivity contribution is 6.43. The monoisotopic (exact) mass is 902 g/mol. The summed E-state index contributed by atoms with van der Waals surface area (Å²) in [5.41, 5.74) is 0.990. The summed E-state index contributed by atoms with van der Waals surface area (Å²) in [6.45, 7) is 5.32. The maximum Gasteiger partial charge on any atom is 0.324 e. The number of nitriles is 2. The second-order valence-corrected chi connectivity index (χ2v) is 17.1. The van der Waals surface area contributed by atoms with Gasteiger partial charge < -0.3 is 24.4 Å². The van der Waals surface area contributed by atoms with E-state index in [1.54, 1.807) is 38.2 Å². The Morgan fingerprint density at radius 2 is 1.00 bits per heavy atom. The molecule has 11 heteroatoms. The van der Waals surface area contributed by atoms with Crippen LogP contribution in [0.25, 0.3) is 21.5 Å². The predicted octanol–water partition coefficient (Wildman–Crippen LogP) is 11.8. The molecular weight excluding hydrogens is 856 g/mol. The van der Waals surface area contributed by atoms with Gasteiger partial charge in [0.25, 0.3) is 0 Å². The van der Waals surface area contributed by atoms with Crippen LogP contribution in [-0.4, -0.2) is 62.3 Å². The van der Waals surface area contributed by atoms with Gasteiger partial charge in [-0.2, -0.15) is 10.5 Å². The number of fused-ring (bicyclic) bond motifs is 2. The molecule has 4 atom stereocenters. The number of nitrogens with zero attached hydrogens (tertiary/aromatic N) is 4. The van der Waals surface area contributed by atoms with E-state index in [0.717, 1.165) is 43.9 Å². The van der Waals surface area contributed by atoms with Crippen LogP contribution in [0.4, 0.5) is 5.69 Å². The lowest BCUT2D eigenvalue weighted by Crippen LogP contribution is -2.54. The molecule has 1 N–H and O–H groups in total. The number of aliphatic carboxylic acids is 1. The van der Waals surface area contributed by atoms with Gasteiger partial charge in [-0.25, -0.2) is 0 Å². The number of methoxy groups -OCH3 is 2. The smallest absolute Gasteiger partial charge is 0.324 e. The largest absolute Gasteiger partial charge is 0.496 e. The Bertz CT molecular complexity index is 2950. The number of hydrogen-bond donors (Lipinski definition) is 1. The van der Waals surface area contributed by atoms with Crippen molar-refractivity contribution in [1.82, 2.24) is 4.90 Å². The summed E-state index contributed by atoms with van der Waals surface area (Å²) in [5.74, 6) is -1.40. The minimum Gasteiger partial charge on any atom is -0.496 e. The highest BCUT2D eigenvalue weighted by Crippen LogP contribution is 2.49. The van der Waals surface area contributed by atoms with Gasteiger partial charge in [-0.15, -0.1) is 0 Å². The molecule has 0 aromatic heterocycles. The number of para-hydroxylation sites is 2. The van der Waals surface area contributed by atoms with Gasteiger partial charge >= 0.3 is 5.97 Å². The van der Waals surface area contributed by atoms with Gasteiger partial charge in [0, 0.05) is 49.1 Å². The predicted molar refractivity (Wildman–Crippen MR) is 258 cm³/mol. The van der Waals surface area contributed by atoms with Crippen LogP contribution < -0.4 is 14.4 Å². The van der Waals surface area contributed by atoms with Crippen molar-refractivity contribution in [3.63, 3.8) is 0 Å². The minimum atomic E-state index is -1.65. The topological polar surface area (TPSA) is 127 Å². The number of ether oxygens (including phenoxy) is 2. The van der Waals surface area contributed by atoms with Gasteiger partial charge in [0.2, 0.25) is 5.91 Å². The van der Waals surface area contributed by atoms with Crippen molar-refractivity contribution < 1.29 is 24.2 Å². The van der Waals surface area contributed by atoms with Crippen molar-refractivity contribution in [2.75, 3.05) is 45.3 Å². The summed E-state index contributed by atoms with van der Waals surface area (Å²) >= 11 is 12.7. The van der Waals surface area contributed by atoms with E-state index in [1.807, 2.05) is 146 Å². The van der Waals surface area contributed by atoms with Crippen molar-refractivity contribution in [1.29, 1.82) is 10.5 Å². The van der Waals surface area contributed by atoms with Crippen LogP contribution in [0.3, 0.4) is 0 Å². The Morgan fingerprint density at radius 3 is 1.48 bits per heavy atom. The molecule has 9 nitrogen and oxygen atoms in total. The number of rotatable bonds is 11. The molecule has 1 saturated heterocycles. The van der Waals surface area contributed by atoms with E-state index in [-0.39, 0.29) is 5.91 Å². The molecule has 328 valence electrons. The van der Waals surface area contributed by atoms with Crippen LogP contribution in [0.2, 0.25) is 10.0 Å². The van der Waals surface area contributed by atoms with Crippen LogP contribution in [-0.2, 0) is 9.59 Å². The highest BCUT2D eigenvalue weighted by Gasteiger charge is 2.48. The fourth-order valence-corrected chi connectivity index (χ4v) is 9.50. The molecule has 0 spiro atoms. The average molecular weight is 904 g/mol. The number of benzene rings is 7. The molecule has 1 aliphatic heterocycles. The molecule has 1 heterocycles. The van der Waals surface area contributed by atoms with E-state index in [9.17, 15) is 25.2 Å². The zero-order valence-electron chi connectivity index (χ0n) is 36.5. The molecule has 1 aliphatic rings. The highest BCUT2D eigenvalue weighted by atomic mass is 35.5. The van der Waals surface area contributed by atoms with Crippen molar-refractivity contribution >= 4 is 62.3 Å². The third-order valence-electron chi connectivity index (χ3n) is 12.5. The molecule has 0 bridgehead atoms. The Balaban J connectivity index is 0.000000210. The summed E-state index contributed by atoms with van der Waals surface area (Å²) in [7, 11) is 3.16. The van der Waals surface area contributed by atoms with Crippen LogP contribution in [0.1, 0.15) is 47.9 Å². The lowest BCUT2D eigenvalue weighted by atomic mass is 9.68. The number of amides is 1. The van der Waals surface area contributed by atoms with Gasteiger partial charge in [0.05, 0.1) is 42.1 Å². The zero-order valence-corrected chi connectivity index (χ0v) is 38.1. The Hall–Kier alpha value is -7.04. The molecule has 7 aromatic rings. The molecule has 8 rings (SSSR count). The first-order valence-corrected chi connectivity index (χ1v) is 21.9. The number of carboxylic acids is 1. The minimum absolute atomic E-state index is 0.203. The van der Waals surface area contributed by atoms with E-state index in [0.29, 0.717) is 53.3 Å². The van der Waals surface area contributed by atoms with Crippen LogP contribution in [0, 0.1) is 33.5 Å². The van der Waals surface area contributed by atoms with E-state index in [4.69, 9.17) is 32.7 Å². The van der Waals surface area contributed by atoms with Crippen LogP contribution >= 0.6 is 23.2 Å². The third-order valence-corrected chi connectivity index (χ3v) is 13.3. The number of piperazine rings is 1. The molecule has 0 saturated carbocycles. The maximum atomic E-state index is 14.3. The number of carbonyl (C=O) groups excluding carboxylic acids is 1. The third kappa shape index (κ3) is 8.91. The van der Waals surface area contributed by atoms with E-state index in [2.05, 4.69) is 11.0 Å². The second kappa shape index (κ2) is 19.8. The fraction of sp³-hybridized carbons (Fsp3) is 0.222. The molecule has 65 heavy (non-hydrogen) atoms. The van der Waals surface area contributed by atoms with E-state index >= 15 is 0 Å². The quantitative estimate of drug-likeness (QED) is 0.136. The number of carbonyl (C=O) groups is 2. The summed E-state index contributed by atoms with van der Waals surface area (Å²) in [5, 5.41) is 35.4. The van der Waals surface area contributed by atoms with Crippen LogP contribution in [0.15, 0.2) is 152 Å². The van der Waals surface area contributed by atoms with Gasteiger partial charge in [0.15, 0.2) is 5.41 Å². The standard InChI is InChI=1S/C32H29Cl2N3O2.C22H19NO3/c1-32(21-35,31(38)37-19-17-36(18-20-37)27-15-8-14-26(33)30(27)34)29(25-12-5-6-16-28(25)39-2)24-13-7-10-22-9-3-4-11-23(22)24;1-22(14-23,21(24)25)20(18-11-5-6-13-19(18)26-2)17-12-7-9-15-8-3-4-10-16(15)17/h3-16,29H,17-20H2,1-2H3;3-13,20H,1-2H3,(H,24,25)/t29-,32+;20-,22+/m00/s1. The first-order chi connectivity index (χ1) is 31.4. The maximum absolute atomic E-state index is 14.3. The number of hydrogen-bond acceptors (Lipinski definition) is 7. The average Bonchev–Trinajstić information content (AvgIpc) is 3.35. The van der Waals surface area contributed by atoms with Gasteiger partial charge in [0.1, 0.15) is 16.9 Å². The Morgan fingerprint density at radius 1 is 0.585 bits per heavy atom. The molecule has 0 unspecified atom stereocenters. The normalized spacial score (nSPS) is 15.2. The molecule has 0 aliphatic carbocycles. The first kappa shape index (κ1) is 46.0. The molecule has 7 aromatic carbocycles. The van der Waals surface area contributed by atoms with Gasteiger partial charge in [-0.1, -0.05) is 151 Å². The molecule has 1 amide bonds. The number of halogens is 2. The lowest BCUT2D eigenvalue weighted by molar-refractivity contribution is -0.145. The zero-order chi connectivity index (χ0) is 46.3. The molecule has 0 radical (unpaired) electrons. The summed E-state index contributed by atoms with van der Waals surface area (Å²) in [6.07, 6.45) is 0. The lowest BCUT2D eigenvalue weighted by Gasteiger charge is -2.41.